The van der Waals surface area contributed by atoms with Gasteiger partial charge in [0.15, 0.2) is 5.82 Å². The Hall–Kier alpha value is -1.11. The third-order valence-electron chi connectivity index (χ3n) is 3.62. The van der Waals surface area contributed by atoms with Crippen LogP contribution in [-0.4, -0.2) is 34.3 Å². The van der Waals surface area contributed by atoms with Crippen LogP contribution in [0.2, 0.25) is 0 Å². The number of halogens is 3. The van der Waals surface area contributed by atoms with Crippen LogP contribution in [0.4, 0.5) is 13.2 Å². The van der Waals surface area contributed by atoms with Crippen molar-refractivity contribution in [2.45, 2.75) is 45.3 Å². The molecule has 0 bridgehead atoms. The molecule has 108 valence electrons. The highest BCUT2D eigenvalue weighted by atomic mass is 19.4. The molecule has 2 heterocycles. The van der Waals surface area contributed by atoms with Crippen molar-refractivity contribution < 1.29 is 17.7 Å². The molecule has 19 heavy (non-hydrogen) atoms. The van der Waals surface area contributed by atoms with E-state index in [2.05, 4.69) is 10.1 Å². The molecule has 0 radical (unpaired) electrons. The van der Waals surface area contributed by atoms with E-state index in [1.165, 1.54) is 0 Å². The first kappa shape index (κ1) is 14.3. The lowest BCUT2D eigenvalue weighted by Crippen LogP contribution is -2.42. The predicted molar refractivity (Wildman–Crippen MR) is 62.4 cm³/mol. The van der Waals surface area contributed by atoms with E-state index in [0.29, 0.717) is 31.1 Å². The molecule has 2 atom stereocenters. The van der Waals surface area contributed by atoms with Crippen LogP contribution in [0, 0.1) is 5.92 Å². The first-order valence-electron chi connectivity index (χ1n) is 6.55. The van der Waals surface area contributed by atoms with E-state index in [0.717, 1.165) is 0 Å². The quantitative estimate of drug-likeness (QED) is 0.852. The summed E-state index contributed by atoms with van der Waals surface area (Å²) in [6.07, 6.45) is -2.72. The first-order chi connectivity index (χ1) is 8.91. The van der Waals surface area contributed by atoms with Crippen molar-refractivity contribution in [3.05, 3.63) is 11.7 Å². The van der Waals surface area contributed by atoms with Gasteiger partial charge in [-0.25, -0.2) is 0 Å². The highest BCUT2D eigenvalue weighted by Crippen LogP contribution is 2.35. The first-order valence-corrected chi connectivity index (χ1v) is 6.55. The van der Waals surface area contributed by atoms with Crippen LogP contribution in [0.1, 0.15) is 44.4 Å². The molecule has 0 N–H and O–H groups in total. The van der Waals surface area contributed by atoms with E-state index in [9.17, 15) is 13.2 Å². The van der Waals surface area contributed by atoms with Gasteiger partial charge in [-0.05, 0) is 26.3 Å². The SMILES string of the molecule is CCc1noc([C@H](C)N2CCC[C@@H](C(F)(F)F)C2)n1. The van der Waals surface area contributed by atoms with Gasteiger partial charge >= 0.3 is 6.18 Å². The van der Waals surface area contributed by atoms with E-state index < -0.39 is 12.1 Å². The molecule has 2 rings (SSSR count). The molecular weight excluding hydrogens is 259 g/mol. The van der Waals surface area contributed by atoms with E-state index in [-0.39, 0.29) is 19.0 Å². The van der Waals surface area contributed by atoms with Crippen molar-refractivity contribution >= 4 is 0 Å². The van der Waals surface area contributed by atoms with Gasteiger partial charge in [-0.3, -0.25) is 4.90 Å². The standard InChI is InChI=1S/C12H18F3N3O/c1-3-10-16-11(19-17-10)8(2)18-6-4-5-9(7-18)12(13,14)15/h8-9H,3-7H2,1-2H3/t8-,9+/m0/s1. The van der Waals surface area contributed by atoms with Crippen molar-refractivity contribution in [3.8, 4) is 0 Å². The van der Waals surface area contributed by atoms with Gasteiger partial charge < -0.3 is 4.52 Å². The summed E-state index contributed by atoms with van der Waals surface area (Å²) >= 11 is 0. The molecule has 0 amide bonds. The molecule has 1 fully saturated rings. The van der Waals surface area contributed by atoms with Gasteiger partial charge in [-0.1, -0.05) is 12.1 Å². The van der Waals surface area contributed by atoms with Crippen LogP contribution in [0.15, 0.2) is 4.52 Å². The number of hydrogen-bond donors (Lipinski definition) is 0. The molecule has 1 aliphatic rings. The molecule has 0 unspecified atom stereocenters. The van der Waals surface area contributed by atoms with Crippen molar-refractivity contribution in [2.24, 2.45) is 5.92 Å². The fraction of sp³-hybridized carbons (Fsp3) is 0.833. The zero-order valence-electron chi connectivity index (χ0n) is 11.1. The van der Waals surface area contributed by atoms with Gasteiger partial charge in [0.25, 0.3) is 0 Å². The second kappa shape index (κ2) is 5.48. The molecular formula is C12H18F3N3O. The minimum absolute atomic E-state index is 0.00844. The molecule has 0 aromatic carbocycles. The molecule has 0 spiro atoms. The summed E-state index contributed by atoms with van der Waals surface area (Å²) in [7, 11) is 0. The van der Waals surface area contributed by atoms with Crippen LogP contribution in [-0.2, 0) is 6.42 Å². The maximum Gasteiger partial charge on any atom is 0.393 e. The van der Waals surface area contributed by atoms with Crippen LogP contribution in [0.3, 0.4) is 0 Å². The van der Waals surface area contributed by atoms with Gasteiger partial charge in [0.05, 0.1) is 12.0 Å². The average Bonchev–Trinajstić information content (AvgIpc) is 2.86. The Bertz CT molecular complexity index is 419. The molecule has 0 aliphatic carbocycles. The van der Waals surface area contributed by atoms with Crippen molar-refractivity contribution in [2.75, 3.05) is 13.1 Å². The third kappa shape index (κ3) is 3.26. The van der Waals surface area contributed by atoms with Crippen molar-refractivity contribution in [1.82, 2.24) is 15.0 Å². The highest BCUT2D eigenvalue weighted by molar-refractivity contribution is 4.93. The summed E-state index contributed by atoms with van der Waals surface area (Å²) in [6.45, 7) is 4.36. The lowest BCUT2D eigenvalue weighted by molar-refractivity contribution is -0.188. The van der Waals surface area contributed by atoms with Gasteiger partial charge in [0, 0.05) is 13.0 Å². The molecule has 1 aromatic rings. The number of hydrogen-bond acceptors (Lipinski definition) is 4. The predicted octanol–water partition coefficient (Wildman–Crippen LogP) is 2.97. The van der Waals surface area contributed by atoms with E-state index in [4.69, 9.17) is 4.52 Å². The average molecular weight is 277 g/mol. The minimum Gasteiger partial charge on any atom is -0.338 e. The summed E-state index contributed by atoms with van der Waals surface area (Å²) in [5.74, 6) is -0.261. The summed E-state index contributed by atoms with van der Waals surface area (Å²) in [6, 6.07) is -0.266. The molecule has 1 saturated heterocycles. The zero-order chi connectivity index (χ0) is 14.0. The van der Waals surface area contributed by atoms with Crippen LogP contribution < -0.4 is 0 Å². The Kier molecular flexibility index (Phi) is 4.13. The third-order valence-corrected chi connectivity index (χ3v) is 3.62. The number of piperidine rings is 1. The summed E-state index contributed by atoms with van der Waals surface area (Å²) in [4.78, 5) is 5.96. The molecule has 0 saturated carbocycles. The van der Waals surface area contributed by atoms with Crippen LogP contribution in [0.25, 0.3) is 0 Å². The lowest BCUT2D eigenvalue weighted by Gasteiger charge is -2.36. The Morgan fingerprint density at radius 3 is 2.79 bits per heavy atom. The molecule has 1 aromatic heterocycles. The molecule has 1 aliphatic heterocycles. The lowest BCUT2D eigenvalue weighted by atomic mass is 9.96. The Morgan fingerprint density at radius 2 is 2.21 bits per heavy atom. The van der Waals surface area contributed by atoms with Gasteiger partial charge in [-0.2, -0.15) is 18.2 Å². The maximum absolute atomic E-state index is 12.8. The van der Waals surface area contributed by atoms with E-state index in [1.54, 1.807) is 4.90 Å². The fourth-order valence-corrected chi connectivity index (χ4v) is 2.36. The van der Waals surface area contributed by atoms with Crippen LogP contribution >= 0.6 is 0 Å². The monoisotopic (exact) mass is 277 g/mol. The minimum atomic E-state index is -4.12. The number of aromatic nitrogens is 2. The maximum atomic E-state index is 12.8. The highest BCUT2D eigenvalue weighted by Gasteiger charge is 2.43. The second-order valence-electron chi connectivity index (χ2n) is 4.95. The zero-order valence-corrected chi connectivity index (χ0v) is 11.1. The van der Waals surface area contributed by atoms with E-state index in [1.807, 2.05) is 13.8 Å². The molecule has 4 nitrogen and oxygen atoms in total. The fourth-order valence-electron chi connectivity index (χ4n) is 2.36. The molecule has 7 heteroatoms. The second-order valence-corrected chi connectivity index (χ2v) is 4.95. The Labute approximate surface area is 110 Å². The number of nitrogens with zero attached hydrogens (tertiary/aromatic N) is 3. The van der Waals surface area contributed by atoms with Crippen molar-refractivity contribution in [3.63, 3.8) is 0 Å². The number of likely N-dealkylation sites (tertiary alicyclic amines) is 1. The van der Waals surface area contributed by atoms with E-state index >= 15 is 0 Å². The van der Waals surface area contributed by atoms with Crippen molar-refractivity contribution in [1.29, 1.82) is 0 Å². The van der Waals surface area contributed by atoms with Gasteiger partial charge in [0.1, 0.15) is 0 Å². The Balaban J connectivity index is 2.04. The summed E-state index contributed by atoms with van der Waals surface area (Å²) in [5, 5.41) is 3.78. The number of rotatable bonds is 3. The van der Waals surface area contributed by atoms with Gasteiger partial charge in [-0.15, -0.1) is 0 Å². The van der Waals surface area contributed by atoms with Gasteiger partial charge in [0.2, 0.25) is 5.89 Å². The smallest absolute Gasteiger partial charge is 0.338 e. The number of aryl methyl sites for hydroxylation is 1. The van der Waals surface area contributed by atoms with Crippen LogP contribution in [0.5, 0.6) is 0 Å². The normalized spacial score (nSPS) is 23.5. The summed E-state index contributed by atoms with van der Waals surface area (Å²) in [5.41, 5.74) is 0. The largest absolute Gasteiger partial charge is 0.393 e. The number of alkyl halides is 3. The Morgan fingerprint density at radius 1 is 1.47 bits per heavy atom. The summed E-state index contributed by atoms with van der Waals surface area (Å²) < 4.78 is 43.4. The topological polar surface area (TPSA) is 42.2 Å².